The van der Waals surface area contributed by atoms with Crippen LogP contribution in [0.15, 0.2) is 36.5 Å². The van der Waals surface area contributed by atoms with Crippen molar-refractivity contribution >= 4 is 16.4 Å². The Morgan fingerprint density at radius 1 is 1.11 bits per heavy atom. The Kier molecular flexibility index (Phi) is 3.65. The molecule has 0 saturated carbocycles. The predicted molar refractivity (Wildman–Crippen MR) is 61.9 cm³/mol. The van der Waals surface area contributed by atoms with Gasteiger partial charge < -0.3 is 0 Å². The summed E-state index contributed by atoms with van der Waals surface area (Å²) in [5.74, 6) is 0.922. The van der Waals surface area contributed by atoms with Crippen molar-refractivity contribution in [2.24, 2.45) is 0 Å². The Bertz CT molecular complexity index is 702. The molecule has 3 aromatic rings. The van der Waals surface area contributed by atoms with E-state index >= 15 is 0 Å². The molecule has 3 rings (SSSR count). The first-order valence-corrected chi connectivity index (χ1v) is 6.53. The van der Waals surface area contributed by atoms with Crippen molar-refractivity contribution in [2.45, 2.75) is 6.92 Å². The van der Waals surface area contributed by atoms with Crippen LogP contribution in [0.5, 0.6) is 0 Å². The Morgan fingerprint density at radius 2 is 1.68 bits per heavy atom. The minimum absolute atomic E-state index is 0.904. The standard InChI is InChI=1S/C11H9N3.ClH3O4/c1-8-12-13-11-6-9-4-2-3-5-10(9)7-14(8)11;2-1(3,4)5/h2-7H,1H3;2-4H. The van der Waals surface area contributed by atoms with Gasteiger partial charge in [-0.3, -0.25) is 4.40 Å². The molecule has 102 valence electrons. The van der Waals surface area contributed by atoms with E-state index in [1.807, 2.05) is 23.5 Å². The Balaban J connectivity index is 0.000000232. The average molecular weight is 286 g/mol. The van der Waals surface area contributed by atoms with Gasteiger partial charge in [-0.25, -0.2) is 0 Å². The van der Waals surface area contributed by atoms with Crippen LogP contribution in [0.4, 0.5) is 0 Å². The second kappa shape index (κ2) is 5.08. The number of hydrogen-bond acceptors (Lipinski definition) is 6. The van der Waals surface area contributed by atoms with Crippen LogP contribution in [0.25, 0.3) is 16.4 Å². The molecule has 0 atom stereocenters. The molecule has 0 amide bonds. The number of benzene rings is 1. The number of hydrogen-bond donors (Lipinski definition) is 3. The van der Waals surface area contributed by atoms with Crippen molar-refractivity contribution in [3.05, 3.63) is 42.4 Å². The van der Waals surface area contributed by atoms with E-state index < -0.39 is 10.2 Å². The van der Waals surface area contributed by atoms with Gasteiger partial charge in [-0.2, -0.15) is 0 Å². The van der Waals surface area contributed by atoms with E-state index in [1.165, 1.54) is 10.8 Å². The van der Waals surface area contributed by atoms with Gasteiger partial charge in [0.15, 0.2) is 5.65 Å². The predicted octanol–water partition coefficient (Wildman–Crippen LogP) is -0.669. The van der Waals surface area contributed by atoms with Crippen LogP contribution in [0.3, 0.4) is 0 Å². The van der Waals surface area contributed by atoms with Crippen LogP contribution in [-0.2, 0) is 0 Å². The third-order valence-corrected chi connectivity index (χ3v) is 2.44. The first-order chi connectivity index (χ1) is 8.84. The SMILES string of the molecule is Cc1nnc2cc3ccccc3cn12.[O-][Cl+](O)(O)O. The molecule has 2 heterocycles. The Hall–Kier alpha value is -1.77. The van der Waals surface area contributed by atoms with Crippen LogP contribution >= 0.6 is 0 Å². The normalized spacial score (nSPS) is 12.3. The molecule has 0 aliphatic rings. The molecule has 0 spiro atoms. The molecule has 0 saturated heterocycles. The van der Waals surface area contributed by atoms with Crippen molar-refractivity contribution in [1.29, 1.82) is 0 Å². The maximum atomic E-state index is 8.83. The van der Waals surface area contributed by atoms with Crippen LogP contribution < -0.4 is 4.66 Å². The van der Waals surface area contributed by atoms with Gasteiger partial charge in [-0.05, 0) is 23.8 Å². The molecule has 19 heavy (non-hydrogen) atoms. The fourth-order valence-electron chi connectivity index (χ4n) is 1.68. The van der Waals surface area contributed by atoms with Gasteiger partial charge in [0.05, 0.1) is 0 Å². The summed E-state index contributed by atoms with van der Waals surface area (Å²) in [6.45, 7) is 1.95. The number of fused-ring (bicyclic) bond motifs is 2. The molecule has 0 bridgehead atoms. The Morgan fingerprint density at radius 3 is 2.32 bits per heavy atom. The maximum absolute atomic E-state index is 8.83. The average Bonchev–Trinajstić information content (AvgIpc) is 2.66. The third kappa shape index (κ3) is 3.60. The van der Waals surface area contributed by atoms with Crippen molar-refractivity contribution < 1.29 is 28.9 Å². The molecular formula is C11H12ClN3O4. The van der Waals surface area contributed by atoms with E-state index in [0.29, 0.717) is 0 Å². The first-order valence-electron chi connectivity index (χ1n) is 5.21. The first kappa shape index (κ1) is 13.7. The molecule has 0 radical (unpaired) electrons. The van der Waals surface area contributed by atoms with Crippen LogP contribution in [-0.4, -0.2) is 28.6 Å². The van der Waals surface area contributed by atoms with Gasteiger partial charge in [0.1, 0.15) is 5.82 Å². The fourth-order valence-corrected chi connectivity index (χ4v) is 1.68. The van der Waals surface area contributed by atoms with Crippen LogP contribution in [0, 0.1) is 17.2 Å². The Labute approximate surface area is 110 Å². The molecule has 3 N–H and O–H groups in total. The molecule has 1 aromatic carbocycles. The van der Waals surface area contributed by atoms with Gasteiger partial charge in [0.25, 0.3) is 0 Å². The fraction of sp³-hybridized carbons (Fsp3) is 0.0909. The number of nitrogens with zero attached hydrogens (tertiary/aromatic N) is 3. The van der Waals surface area contributed by atoms with Gasteiger partial charge in [-0.15, -0.1) is 10.2 Å². The molecule has 0 fully saturated rings. The van der Waals surface area contributed by atoms with Gasteiger partial charge in [-0.1, -0.05) is 24.3 Å². The molecule has 0 aliphatic heterocycles. The molecule has 8 heteroatoms. The van der Waals surface area contributed by atoms with Gasteiger partial charge >= 0.3 is 28.9 Å². The van der Waals surface area contributed by atoms with E-state index in [0.717, 1.165) is 11.5 Å². The number of halogens is 1. The summed E-state index contributed by atoms with van der Waals surface area (Å²) in [6, 6.07) is 10.3. The summed E-state index contributed by atoms with van der Waals surface area (Å²) in [4.78, 5) is 0. The van der Waals surface area contributed by atoms with E-state index in [-0.39, 0.29) is 0 Å². The summed E-state index contributed by atoms with van der Waals surface area (Å²) in [5.41, 5.74) is 0.904. The number of aromatic nitrogens is 3. The van der Waals surface area contributed by atoms with Gasteiger partial charge in [0.2, 0.25) is 0 Å². The number of rotatable bonds is 0. The summed E-state index contributed by atoms with van der Waals surface area (Å²) in [7, 11) is -4.19. The van der Waals surface area contributed by atoms with Crippen LogP contribution in [0.1, 0.15) is 5.82 Å². The second-order valence-corrected chi connectivity index (χ2v) is 4.68. The summed E-state index contributed by atoms with van der Waals surface area (Å²) in [5, 5.41) is 10.5. The zero-order valence-corrected chi connectivity index (χ0v) is 10.7. The van der Waals surface area contributed by atoms with E-state index in [4.69, 9.17) is 18.6 Å². The summed E-state index contributed by atoms with van der Waals surface area (Å²) >= 11 is 0. The van der Waals surface area contributed by atoms with Crippen molar-refractivity contribution in [2.75, 3.05) is 0 Å². The molecule has 2 aromatic heterocycles. The van der Waals surface area contributed by atoms with E-state index in [9.17, 15) is 0 Å². The zero-order chi connectivity index (χ0) is 14.0. The van der Waals surface area contributed by atoms with E-state index in [1.54, 1.807) is 0 Å². The van der Waals surface area contributed by atoms with Crippen molar-refractivity contribution in [3.8, 4) is 0 Å². The van der Waals surface area contributed by atoms with Crippen molar-refractivity contribution in [1.82, 2.24) is 14.6 Å². The molecule has 0 unspecified atom stereocenters. The quantitative estimate of drug-likeness (QED) is 0.505. The topological polar surface area (TPSA) is 114 Å². The monoisotopic (exact) mass is 285 g/mol. The third-order valence-electron chi connectivity index (χ3n) is 2.44. The molecular weight excluding hydrogens is 274 g/mol. The number of aryl methyl sites for hydroxylation is 1. The summed E-state index contributed by atoms with van der Waals surface area (Å²) < 4.78 is 32.2. The second-order valence-electron chi connectivity index (χ2n) is 3.81. The molecule has 7 nitrogen and oxygen atoms in total. The zero-order valence-electron chi connectivity index (χ0n) is 9.93. The minimum atomic E-state index is -4.19. The van der Waals surface area contributed by atoms with Gasteiger partial charge in [0, 0.05) is 6.20 Å². The van der Waals surface area contributed by atoms with Crippen molar-refractivity contribution in [3.63, 3.8) is 0 Å². The van der Waals surface area contributed by atoms with Crippen LogP contribution in [0.2, 0.25) is 0 Å². The summed E-state index contributed by atoms with van der Waals surface area (Å²) in [6.07, 6.45) is 2.07. The van der Waals surface area contributed by atoms with E-state index in [2.05, 4.69) is 34.6 Å². The number of pyridine rings is 1. The molecule has 0 aliphatic carbocycles.